The fraction of sp³-hybridized carbons (Fsp3) is 0.610. The SMILES string of the molecule is C/C=S(/NC(=O)[C@@]12C[C@H]1/C=C\CC[C@H](C)C[C@@H](C)[C@H](NC(=O)OC(C)(C)C(F)(F)F)C(=O)N1C[C@H](Oc3ncc(OCC)c4ccccc34)C[C@H]1C(=O)N2)C1CC1. The van der Waals surface area contributed by atoms with Crippen LogP contribution < -0.4 is 24.8 Å². The molecule has 6 rings (SSSR count). The molecular formula is C41H54F3N5O7S. The molecule has 0 bridgehead atoms. The van der Waals surface area contributed by atoms with Crippen LogP contribution in [-0.2, 0) is 19.1 Å². The third-order valence-electron chi connectivity index (χ3n) is 11.4. The predicted molar refractivity (Wildman–Crippen MR) is 212 cm³/mol. The number of nitrogens with zero attached hydrogens (tertiary/aromatic N) is 2. The van der Waals surface area contributed by atoms with Crippen molar-refractivity contribution < 1.29 is 46.6 Å². The summed E-state index contributed by atoms with van der Waals surface area (Å²) < 4.78 is 61.5. The minimum absolute atomic E-state index is 0.0111. The van der Waals surface area contributed by atoms with Crippen molar-refractivity contribution in [3.8, 4) is 11.6 Å². The van der Waals surface area contributed by atoms with E-state index < -0.39 is 70.0 Å². The second-order valence-corrected chi connectivity index (χ2v) is 18.3. The van der Waals surface area contributed by atoms with Crippen molar-refractivity contribution in [2.24, 2.45) is 17.8 Å². The first-order chi connectivity index (χ1) is 27.0. The van der Waals surface area contributed by atoms with E-state index in [0.29, 0.717) is 48.7 Å². The summed E-state index contributed by atoms with van der Waals surface area (Å²) in [5, 5.41) is 9.27. The number of nitrogens with one attached hydrogen (secondary N) is 3. The van der Waals surface area contributed by atoms with Crippen molar-refractivity contribution in [2.45, 2.75) is 127 Å². The van der Waals surface area contributed by atoms with Gasteiger partial charge in [-0.25, -0.2) is 9.78 Å². The number of amides is 4. The Bertz CT molecular complexity index is 1920. The molecular weight excluding hydrogens is 764 g/mol. The van der Waals surface area contributed by atoms with Gasteiger partial charge in [-0.1, -0.05) is 54.9 Å². The Labute approximate surface area is 334 Å². The summed E-state index contributed by atoms with van der Waals surface area (Å²) in [5.74, 6) is -1.50. The first-order valence-corrected chi connectivity index (χ1v) is 21.2. The molecule has 2 aliphatic carbocycles. The number of benzene rings is 1. The van der Waals surface area contributed by atoms with Gasteiger partial charge in [0.2, 0.25) is 23.3 Å². The number of allylic oxidation sites excluding steroid dienone is 1. The van der Waals surface area contributed by atoms with Crippen molar-refractivity contribution in [3.63, 3.8) is 0 Å². The van der Waals surface area contributed by atoms with Crippen LogP contribution in [-0.4, -0.2) is 93.0 Å². The van der Waals surface area contributed by atoms with Crippen molar-refractivity contribution in [1.82, 2.24) is 25.2 Å². The number of carbonyl (C=O) groups is 4. The molecule has 2 aliphatic heterocycles. The first kappa shape index (κ1) is 42.3. The van der Waals surface area contributed by atoms with Crippen LogP contribution in [0.2, 0.25) is 0 Å². The van der Waals surface area contributed by atoms with E-state index >= 15 is 0 Å². The Morgan fingerprint density at radius 1 is 1.11 bits per heavy atom. The normalized spacial score (nSPS) is 29.5. The van der Waals surface area contributed by atoms with E-state index in [1.165, 1.54) is 4.90 Å². The number of rotatable bonds is 9. The molecule has 8 atom stereocenters. The average molecular weight is 818 g/mol. The number of aromatic nitrogens is 1. The van der Waals surface area contributed by atoms with E-state index in [4.69, 9.17) is 14.2 Å². The zero-order valence-electron chi connectivity index (χ0n) is 33.3. The molecule has 0 spiro atoms. The molecule has 2 saturated carbocycles. The van der Waals surface area contributed by atoms with Crippen LogP contribution in [0.3, 0.4) is 0 Å². The predicted octanol–water partition coefficient (Wildman–Crippen LogP) is 6.59. The van der Waals surface area contributed by atoms with Gasteiger partial charge in [0.1, 0.15) is 29.5 Å². The minimum atomic E-state index is -4.87. The van der Waals surface area contributed by atoms with Crippen LogP contribution in [0.4, 0.5) is 18.0 Å². The van der Waals surface area contributed by atoms with Gasteiger partial charge in [-0.2, -0.15) is 13.2 Å². The molecule has 4 amide bonds. The lowest BCUT2D eigenvalue weighted by Gasteiger charge is -2.34. The lowest BCUT2D eigenvalue weighted by atomic mass is 9.88. The molecule has 1 aromatic carbocycles. The fourth-order valence-electron chi connectivity index (χ4n) is 7.78. The second kappa shape index (κ2) is 16.9. The highest BCUT2D eigenvalue weighted by Gasteiger charge is 2.61. The van der Waals surface area contributed by atoms with E-state index in [0.717, 1.165) is 32.1 Å². The zero-order valence-corrected chi connectivity index (χ0v) is 34.1. The van der Waals surface area contributed by atoms with E-state index in [1.54, 1.807) is 13.1 Å². The van der Waals surface area contributed by atoms with Gasteiger partial charge in [0.05, 0.1) is 19.3 Å². The Morgan fingerprint density at radius 3 is 2.49 bits per heavy atom. The molecule has 1 saturated heterocycles. The van der Waals surface area contributed by atoms with Crippen LogP contribution in [0.25, 0.3) is 10.8 Å². The maximum atomic E-state index is 14.8. The molecule has 3 N–H and O–H groups in total. The first-order valence-electron chi connectivity index (χ1n) is 19.8. The van der Waals surface area contributed by atoms with Crippen LogP contribution in [0.1, 0.15) is 86.5 Å². The van der Waals surface area contributed by atoms with Gasteiger partial charge in [0, 0.05) is 28.4 Å². The van der Waals surface area contributed by atoms with Gasteiger partial charge in [0.25, 0.3) is 5.91 Å². The number of alkyl halides is 3. The fourth-order valence-corrected chi connectivity index (χ4v) is 9.49. The molecule has 2 aromatic rings. The van der Waals surface area contributed by atoms with Crippen LogP contribution in [0.15, 0.2) is 42.6 Å². The molecule has 12 nitrogen and oxygen atoms in total. The number of alkyl carbamates (subject to hydrolysis) is 1. The molecule has 4 aliphatic rings. The summed E-state index contributed by atoms with van der Waals surface area (Å²) in [6.45, 7) is 9.30. The largest absolute Gasteiger partial charge is 0.492 e. The third kappa shape index (κ3) is 9.36. The molecule has 312 valence electrons. The highest BCUT2D eigenvalue weighted by molar-refractivity contribution is 8.14. The van der Waals surface area contributed by atoms with Gasteiger partial charge in [-0.15, -0.1) is 0 Å². The summed E-state index contributed by atoms with van der Waals surface area (Å²) in [4.78, 5) is 62.5. The van der Waals surface area contributed by atoms with Crippen molar-refractivity contribution in [1.29, 1.82) is 0 Å². The topological polar surface area (TPSA) is 148 Å². The monoisotopic (exact) mass is 817 g/mol. The van der Waals surface area contributed by atoms with E-state index in [2.05, 4.69) is 20.3 Å². The number of hydrogen-bond donors (Lipinski definition) is 3. The number of halogens is 3. The maximum absolute atomic E-state index is 14.8. The van der Waals surface area contributed by atoms with Gasteiger partial charge in [0.15, 0.2) is 0 Å². The Morgan fingerprint density at radius 2 is 1.82 bits per heavy atom. The molecule has 3 fully saturated rings. The standard InChI is InChI=1S/C41H54F3N5O7S/c1-7-54-32-22-45-35(30-16-12-11-15-29(30)32)55-27-20-31-34(50)47-40(37(52)48-57(8-2)28-17-18-28)21-26(40)14-10-9-13-24(3)19-25(4)33(36(51)49(31)23-27)46-38(53)56-39(5,6)41(42,43)44/h8,10-12,14-16,22,24-28,31,33H,7,9,13,17-21,23H2,1-6H3,(H,46,53)(H,47,50)(H,48,52)/b14-10-/t24-,25+,26+,27+,31-,33-,40+,57?/m0/s1. The van der Waals surface area contributed by atoms with Gasteiger partial charge in [-0.05, 0) is 89.5 Å². The summed E-state index contributed by atoms with van der Waals surface area (Å²) >= 11 is 0. The van der Waals surface area contributed by atoms with Crippen LogP contribution in [0.5, 0.6) is 11.6 Å². The van der Waals surface area contributed by atoms with Gasteiger partial charge in [-0.3, -0.25) is 14.4 Å². The molecule has 16 heteroatoms. The lowest BCUT2D eigenvalue weighted by Crippen LogP contribution is -2.59. The molecule has 57 heavy (non-hydrogen) atoms. The van der Waals surface area contributed by atoms with E-state index in [-0.39, 0.29) is 36.6 Å². The van der Waals surface area contributed by atoms with E-state index in [1.807, 2.05) is 62.6 Å². The molecule has 0 radical (unpaired) electrons. The summed E-state index contributed by atoms with van der Waals surface area (Å²) in [6, 6.07) is 4.88. The van der Waals surface area contributed by atoms with Crippen molar-refractivity contribution >= 4 is 50.6 Å². The second-order valence-electron chi connectivity index (χ2n) is 16.2. The number of pyridine rings is 1. The van der Waals surface area contributed by atoms with Gasteiger partial charge >= 0.3 is 12.3 Å². The molecule has 3 heterocycles. The highest BCUT2D eigenvalue weighted by Crippen LogP contribution is 2.47. The smallest absolute Gasteiger partial charge is 0.427 e. The van der Waals surface area contributed by atoms with Crippen molar-refractivity contribution in [2.75, 3.05) is 13.2 Å². The maximum Gasteiger partial charge on any atom is 0.427 e. The third-order valence-corrected chi connectivity index (χ3v) is 13.5. The summed E-state index contributed by atoms with van der Waals surface area (Å²) in [7, 11) is -0.455. The van der Waals surface area contributed by atoms with Crippen LogP contribution in [0, 0.1) is 17.8 Å². The Balaban J connectivity index is 1.35. The molecule has 1 unspecified atom stereocenters. The summed E-state index contributed by atoms with van der Waals surface area (Å²) in [5.41, 5.74) is -4.07. The zero-order chi connectivity index (χ0) is 41.3. The Kier molecular flexibility index (Phi) is 12.5. The number of fused-ring (bicyclic) bond motifs is 3. The summed E-state index contributed by atoms with van der Waals surface area (Å²) in [6.07, 6.45) is 2.74. The quantitative estimate of drug-likeness (QED) is 0.190. The van der Waals surface area contributed by atoms with E-state index in [9.17, 15) is 32.3 Å². The van der Waals surface area contributed by atoms with Gasteiger partial charge < -0.3 is 34.5 Å². The van der Waals surface area contributed by atoms with Crippen LogP contribution >= 0.6 is 10.7 Å². The number of hydrogen-bond acceptors (Lipinski definition) is 8. The number of carbonyl (C=O) groups excluding carboxylic acids is 4. The number of ether oxygens (including phenoxy) is 3. The average Bonchev–Trinajstić information content (AvgIpc) is 4.08. The highest BCUT2D eigenvalue weighted by atomic mass is 32.2. The molecule has 1 aromatic heterocycles. The lowest BCUT2D eigenvalue weighted by molar-refractivity contribution is -0.244. The van der Waals surface area contributed by atoms with Crippen molar-refractivity contribution in [3.05, 3.63) is 42.6 Å². The Hall–Kier alpha value is -4.34. The minimum Gasteiger partial charge on any atom is -0.492 e.